The molecule has 3 aromatic rings. The number of carbonyl (C=O) groups is 1. The largest absolute Gasteiger partial charge is 0.373 e. The SMILES string of the molecule is Cn1cc(C(=O)NCC2CCCOC2c2ccccc2)c(-c2ccc([N+](=O)[O-])cc2)n1. The minimum Gasteiger partial charge on any atom is -0.373 e. The van der Waals surface area contributed by atoms with Crippen LogP contribution in [0.15, 0.2) is 60.8 Å². The molecule has 0 bridgehead atoms. The molecule has 1 fully saturated rings. The lowest BCUT2D eigenvalue weighted by atomic mass is 9.89. The molecule has 1 aliphatic rings. The van der Waals surface area contributed by atoms with Gasteiger partial charge in [-0.2, -0.15) is 5.10 Å². The maximum atomic E-state index is 13.0. The third-order valence-corrected chi connectivity index (χ3v) is 5.52. The fraction of sp³-hybridized carbons (Fsp3) is 0.304. The highest BCUT2D eigenvalue weighted by atomic mass is 16.6. The predicted molar refractivity (Wildman–Crippen MR) is 115 cm³/mol. The summed E-state index contributed by atoms with van der Waals surface area (Å²) >= 11 is 0. The number of rotatable bonds is 6. The number of carbonyl (C=O) groups excluding carboxylic acids is 1. The van der Waals surface area contributed by atoms with Crippen LogP contribution in [0, 0.1) is 16.0 Å². The Morgan fingerprint density at radius 3 is 2.68 bits per heavy atom. The number of hydrogen-bond donors (Lipinski definition) is 1. The van der Waals surface area contributed by atoms with Gasteiger partial charge in [-0.05, 0) is 30.5 Å². The van der Waals surface area contributed by atoms with Gasteiger partial charge in [-0.3, -0.25) is 19.6 Å². The smallest absolute Gasteiger partial charge is 0.269 e. The first-order valence-electron chi connectivity index (χ1n) is 10.3. The van der Waals surface area contributed by atoms with Crippen LogP contribution in [0.4, 0.5) is 5.69 Å². The summed E-state index contributed by atoms with van der Waals surface area (Å²) in [5, 5.41) is 18.3. The predicted octanol–water partition coefficient (Wildman–Crippen LogP) is 3.89. The second-order valence-corrected chi connectivity index (χ2v) is 7.68. The summed E-state index contributed by atoms with van der Waals surface area (Å²) in [5.74, 6) is -0.0431. The molecule has 0 radical (unpaired) electrons. The van der Waals surface area contributed by atoms with Gasteiger partial charge in [0.25, 0.3) is 11.6 Å². The van der Waals surface area contributed by atoms with Crippen molar-refractivity contribution in [2.24, 2.45) is 13.0 Å². The molecule has 31 heavy (non-hydrogen) atoms. The average Bonchev–Trinajstić information content (AvgIpc) is 3.20. The Morgan fingerprint density at radius 1 is 1.23 bits per heavy atom. The minimum atomic E-state index is -0.453. The van der Waals surface area contributed by atoms with E-state index in [9.17, 15) is 14.9 Å². The zero-order valence-corrected chi connectivity index (χ0v) is 17.2. The van der Waals surface area contributed by atoms with Crippen molar-refractivity contribution in [3.05, 3.63) is 82.0 Å². The molecular weight excluding hydrogens is 396 g/mol. The number of benzene rings is 2. The van der Waals surface area contributed by atoms with Crippen molar-refractivity contribution in [3.8, 4) is 11.3 Å². The molecule has 4 rings (SSSR count). The lowest BCUT2D eigenvalue weighted by Gasteiger charge is -2.32. The molecule has 1 N–H and O–H groups in total. The van der Waals surface area contributed by atoms with Crippen LogP contribution < -0.4 is 5.32 Å². The molecule has 0 spiro atoms. The number of nitrogens with zero attached hydrogens (tertiary/aromatic N) is 3. The van der Waals surface area contributed by atoms with E-state index in [1.165, 1.54) is 12.1 Å². The van der Waals surface area contributed by atoms with E-state index < -0.39 is 4.92 Å². The highest BCUT2D eigenvalue weighted by Crippen LogP contribution is 2.33. The lowest BCUT2D eigenvalue weighted by molar-refractivity contribution is -0.384. The van der Waals surface area contributed by atoms with E-state index in [2.05, 4.69) is 22.5 Å². The molecule has 8 heteroatoms. The molecule has 160 valence electrons. The van der Waals surface area contributed by atoms with E-state index in [0.29, 0.717) is 23.4 Å². The summed E-state index contributed by atoms with van der Waals surface area (Å²) in [6.07, 6.45) is 3.56. The summed E-state index contributed by atoms with van der Waals surface area (Å²) in [5.41, 5.74) is 2.70. The molecule has 1 saturated heterocycles. The van der Waals surface area contributed by atoms with Crippen LogP contribution in [0.5, 0.6) is 0 Å². The monoisotopic (exact) mass is 420 g/mol. The van der Waals surface area contributed by atoms with Crippen molar-refractivity contribution in [2.45, 2.75) is 18.9 Å². The number of nitro benzene ring substituents is 1. The maximum Gasteiger partial charge on any atom is 0.269 e. The van der Waals surface area contributed by atoms with Crippen LogP contribution in [-0.4, -0.2) is 33.8 Å². The molecule has 0 aliphatic carbocycles. The zero-order valence-electron chi connectivity index (χ0n) is 17.2. The van der Waals surface area contributed by atoms with Gasteiger partial charge in [-0.1, -0.05) is 30.3 Å². The number of amides is 1. The number of hydrogen-bond acceptors (Lipinski definition) is 5. The fourth-order valence-electron chi connectivity index (χ4n) is 3.99. The van der Waals surface area contributed by atoms with E-state index in [4.69, 9.17) is 4.74 Å². The summed E-state index contributed by atoms with van der Waals surface area (Å²) < 4.78 is 7.59. The van der Waals surface area contributed by atoms with E-state index >= 15 is 0 Å². The van der Waals surface area contributed by atoms with Gasteiger partial charge in [0.15, 0.2) is 0 Å². The van der Waals surface area contributed by atoms with Crippen molar-refractivity contribution in [1.29, 1.82) is 0 Å². The number of aryl methyl sites for hydroxylation is 1. The Bertz CT molecular complexity index is 1060. The Labute approximate surface area is 180 Å². The van der Waals surface area contributed by atoms with Crippen molar-refractivity contribution >= 4 is 11.6 Å². The molecule has 2 atom stereocenters. The maximum absolute atomic E-state index is 13.0. The Morgan fingerprint density at radius 2 is 1.97 bits per heavy atom. The van der Waals surface area contributed by atoms with Crippen LogP contribution >= 0.6 is 0 Å². The summed E-state index contributed by atoms with van der Waals surface area (Å²) in [4.78, 5) is 23.5. The molecule has 2 heterocycles. The Hall–Kier alpha value is -3.52. The van der Waals surface area contributed by atoms with E-state index in [-0.39, 0.29) is 23.6 Å². The number of nitro groups is 1. The normalized spacial score (nSPS) is 18.5. The van der Waals surface area contributed by atoms with Gasteiger partial charge < -0.3 is 10.1 Å². The summed E-state index contributed by atoms with van der Waals surface area (Å²) in [6.45, 7) is 1.21. The third-order valence-electron chi connectivity index (χ3n) is 5.52. The molecule has 1 aromatic heterocycles. The number of non-ortho nitro benzene ring substituents is 1. The van der Waals surface area contributed by atoms with Gasteiger partial charge in [0.1, 0.15) is 5.69 Å². The van der Waals surface area contributed by atoms with Crippen molar-refractivity contribution in [1.82, 2.24) is 15.1 Å². The molecule has 2 aromatic carbocycles. The Balaban J connectivity index is 1.49. The highest BCUT2D eigenvalue weighted by Gasteiger charge is 2.28. The van der Waals surface area contributed by atoms with Crippen molar-refractivity contribution in [3.63, 3.8) is 0 Å². The van der Waals surface area contributed by atoms with Crippen LogP contribution in [0.25, 0.3) is 11.3 Å². The minimum absolute atomic E-state index is 0.00469. The summed E-state index contributed by atoms with van der Waals surface area (Å²) in [6, 6.07) is 16.1. The first kappa shape index (κ1) is 20.7. The first-order chi connectivity index (χ1) is 15.0. The molecule has 1 amide bonds. The zero-order chi connectivity index (χ0) is 21.8. The van der Waals surface area contributed by atoms with Crippen LogP contribution in [0.1, 0.15) is 34.9 Å². The second-order valence-electron chi connectivity index (χ2n) is 7.68. The molecule has 0 saturated carbocycles. The van der Waals surface area contributed by atoms with Crippen LogP contribution in [0.2, 0.25) is 0 Å². The van der Waals surface area contributed by atoms with Crippen LogP contribution in [0.3, 0.4) is 0 Å². The van der Waals surface area contributed by atoms with Gasteiger partial charge in [0.05, 0.1) is 16.6 Å². The van der Waals surface area contributed by atoms with Gasteiger partial charge in [0.2, 0.25) is 0 Å². The number of aromatic nitrogens is 2. The fourth-order valence-corrected chi connectivity index (χ4v) is 3.99. The Kier molecular flexibility index (Phi) is 6.08. The molecule has 2 unspecified atom stereocenters. The lowest BCUT2D eigenvalue weighted by Crippen LogP contribution is -2.35. The molecule has 1 aliphatic heterocycles. The highest BCUT2D eigenvalue weighted by molar-refractivity contribution is 5.99. The standard InChI is InChI=1S/C23H24N4O4/c1-26-15-20(21(25-26)16-9-11-19(12-10-16)27(29)30)23(28)24-14-18-8-5-13-31-22(18)17-6-3-2-4-7-17/h2-4,6-7,9-12,15,18,22H,5,8,13-14H2,1H3,(H,24,28). The summed E-state index contributed by atoms with van der Waals surface area (Å²) in [7, 11) is 1.74. The number of ether oxygens (including phenoxy) is 1. The van der Waals surface area contributed by atoms with Gasteiger partial charge in [0, 0.05) is 50.0 Å². The molecular formula is C23H24N4O4. The molecule has 8 nitrogen and oxygen atoms in total. The number of nitrogens with one attached hydrogen (secondary N) is 1. The van der Waals surface area contributed by atoms with Crippen molar-refractivity contribution in [2.75, 3.05) is 13.2 Å². The topological polar surface area (TPSA) is 99.3 Å². The third kappa shape index (κ3) is 4.64. The van der Waals surface area contributed by atoms with Gasteiger partial charge in [-0.15, -0.1) is 0 Å². The van der Waals surface area contributed by atoms with E-state index in [1.807, 2.05) is 18.2 Å². The van der Waals surface area contributed by atoms with Gasteiger partial charge >= 0.3 is 0 Å². The van der Waals surface area contributed by atoms with E-state index in [0.717, 1.165) is 25.0 Å². The van der Waals surface area contributed by atoms with E-state index in [1.54, 1.807) is 30.1 Å². The first-order valence-corrected chi connectivity index (χ1v) is 10.3. The quantitative estimate of drug-likeness (QED) is 0.482. The second kappa shape index (κ2) is 9.09. The van der Waals surface area contributed by atoms with Gasteiger partial charge in [-0.25, -0.2) is 0 Å². The van der Waals surface area contributed by atoms with Crippen LogP contribution in [-0.2, 0) is 11.8 Å². The average molecular weight is 420 g/mol. The van der Waals surface area contributed by atoms with Crippen molar-refractivity contribution < 1.29 is 14.5 Å².